The van der Waals surface area contributed by atoms with Gasteiger partial charge in [0, 0.05) is 44.3 Å². The summed E-state index contributed by atoms with van der Waals surface area (Å²) in [4.78, 5) is 33.3. The number of carbonyl (C=O) groups is 2. The lowest BCUT2D eigenvalue weighted by atomic mass is 10.0. The molecule has 1 N–H and O–H groups in total. The van der Waals surface area contributed by atoms with Crippen LogP contribution in [0.25, 0.3) is 0 Å². The van der Waals surface area contributed by atoms with E-state index in [-0.39, 0.29) is 23.9 Å². The molecule has 6 nitrogen and oxygen atoms in total. The van der Waals surface area contributed by atoms with Crippen LogP contribution in [0.5, 0.6) is 0 Å². The van der Waals surface area contributed by atoms with Gasteiger partial charge in [-0.1, -0.05) is 61.4 Å². The summed E-state index contributed by atoms with van der Waals surface area (Å²) in [7, 11) is 2.08. The number of aryl methyl sites for hydroxylation is 2. The first-order chi connectivity index (χ1) is 18.4. The van der Waals surface area contributed by atoms with Crippen molar-refractivity contribution in [3.05, 3.63) is 70.8 Å². The number of nitrogens with one attached hydrogen (secondary N) is 1. The molecule has 2 amide bonds. The van der Waals surface area contributed by atoms with Crippen LogP contribution >= 0.6 is 0 Å². The van der Waals surface area contributed by atoms with E-state index in [1.807, 2.05) is 32.0 Å². The molecule has 3 fully saturated rings. The van der Waals surface area contributed by atoms with E-state index >= 15 is 0 Å². The summed E-state index contributed by atoms with van der Waals surface area (Å²) in [6.45, 7) is 9.43. The van der Waals surface area contributed by atoms with Gasteiger partial charge in [0.1, 0.15) is 0 Å². The van der Waals surface area contributed by atoms with Gasteiger partial charge in [0.05, 0.1) is 6.04 Å². The van der Waals surface area contributed by atoms with Crippen molar-refractivity contribution < 1.29 is 9.59 Å². The number of fused-ring (bicyclic) bond motifs is 1. The van der Waals surface area contributed by atoms with Gasteiger partial charge in [0.15, 0.2) is 0 Å². The van der Waals surface area contributed by atoms with Gasteiger partial charge in [-0.05, 0) is 75.2 Å². The van der Waals surface area contributed by atoms with E-state index in [1.165, 1.54) is 18.4 Å². The summed E-state index contributed by atoms with van der Waals surface area (Å²) < 4.78 is 0. The summed E-state index contributed by atoms with van der Waals surface area (Å²) in [6.07, 6.45) is 5.39. The van der Waals surface area contributed by atoms with Crippen molar-refractivity contribution in [3.8, 4) is 0 Å². The molecule has 0 saturated carbocycles. The molecule has 3 aliphatic rings. The number of rotatable bonds is 7. The first kappa shape index (κ1) is 26.9. The van der Waals surface area contributed by atoms with Crippen molar-refractivity contribution in [2.24, 2.45) is 11.8 Å². The molecule has 0 aliphatic carbocycles. The fourth-order valence-electron chi connectivity index (χ4n) is 7.03. The molecule has 5 rings (SSSR count). The number of amides is 2. The summed E-state index contributed by atoms with van der Waals surface area (Å²) in [5, 5.41) is 3.28. The second kappa shape index (κ2) is 12.0. The summed E-state index contributed by atoms with van der Waals surface area (Å²) in [6, 6.07) is 17.1. The Bertz CT molecular complexity index is 1090. The molecule has 0 aromatic heterocycles. The zero-order valence-corrected chi connectivity index (χ0v) is 23.4. The van der Waals surface area contributed by atoms with E-state index in [0.29, 0.717) is 18.4 Å². The van der Waals surface area contributed by atoms with Crippen molar-refractivity contribution in [2.75, 3.05) is 46.3 Å². The Labute approximate surface area is 228 Å². The lowest BCUT2D eigenvalue weighted by molar-refractivity contribution is -0.126. The highest BCUT2D eigenvalue weighted by atomic mass is 16.2. The fraction of sp³-hybridized carbons (Fsp3) is 0.562. The van der Waals surface area contributed by atoms with Gasteiger partial charge in [-0.15, -0.1) is 0 Å². The van der Waals surface area contributed by atoms with E-state index in [9.17, 15) is 9.59 Å². The molecule has 38 heavy (non-hydrogen) atoms. The average molecular weight is 517 g/mol. The SMILES string of the molecule is Cc1cccc(C)c1C(=O)N1CC2CN([C@@H](CCNC(=O)C3CCCCCN3C)c3ccccc3)CC2C1. The molecule has 3 unspecified atom stereocenters. The van der Waals surface area contributed by atoms with Gasteiger partial charge in [-0.25, -0.2) is 0 Å². The Morgan fingerprint density at radius 2 is 1.58 bits per heavy atom. The van der Waals surface area contributed by atoms with Crippen LogP contribution in [0.3, 0.4) is 0 Å². The van der Waals surface area contributed by atoms with Crippen LogP contribution in [0.2, 0.25) is 0 Å². The van der Waals surface area contributed by atoms with Gasteiger partial charge in [0.2, 0.25) is 5.91 Å². The predicted octanol–water partition coefficient (Wildman–Crippen LogP) is 4.43. The Morgan fingerprint density at radius 3 is 2.26 bits per heavy atom. The van der Waals surface area contributed by atoms with Crippen LogP contribution < -0.4 is 5.32 Å². The molecule has 2 aromatic rings. The minimum Gasteiger partial charge on any atom is -0.355 e. The maximum absolute atomic E-state index is 13.4. The van der Waals surface area contributed by atoms with E-state index < -0.39 is 0 Å². The van der Waals surface area contributed by atoms with Crippen molar-refractivity contribution in [1.29, 1.82) is 0 Å². The van der Waals surface area contributed by atoms with Crippen molar-refractivity contribution >= 4 is 11.8 Å². The van der Waals surface area contributed by atoms with Crippen LogP contribution in [0, 0.1) is 25.7 Å². The summed E-state index contributed by atoms with van der Waals surface area (Å²) in [5.74, 6) is 1.37. The Balaban J connectivity index is 1.21. The third kappa shape index (κ3) is 5.81. The molecule has 6 heteroatoms. The molecule has 0 spiro atoms. The van der Waals surface area contributed by atoms with Gasteiger partial charge in [0.25, 0.3) is 5.91 Å². The molecule has 2 aromatic carbocycles. The lowest BCUT2D eigenvalue weighted by Crippen LogP contribution is -2.45. The van der Waals surface area contributed by atoms with Crippen LogP contribution in [-0.4, -0.2) is 78.9 Å². The van der Waals surface area contributed by atoms with Gasteiger partial charge in [-0.3, -0.25) is 19.4 Å². The van der Waals surface area contributed by atoms with Crippen LogP contribution in [0.4, 0.5) is 0 Å². The van der Waals surface area contributed by atoms with Gasteiger partial charge < -0.3 is 10.2 Å². The van der Waals surface area contributed by atoms with Crippen LogP contribution in [-0.2, 0) is 4.79 Å². The first-order valence-corrected chi connectivity index (χ1v) is 14.5. The second-order valence-corrected chi connectivity index (χ2v) is 11.8. The molecule has 3 heterocycles. The zero-order chi connectivity index (χ0) is 26.6. The van der Waals surface area contributed by atoms with Crippen LogP contribution in [0.15, 0.2) is 48.5 Å². The molecule has 4 atom stereocenters. The number of carbonyl (C=O) groups excluding carboxylic acids is 2. The lowest BCUT2D eigenvalue weighted by Gasteiger charge is -2.31. The van der Waals surface area contributed by atoms with Gasteiger partial charge in [-0.2, -0.15) is 0 Å². The highest BCUT2D eigenvalue weighted by molar-refractivity contribution is 5.97. The van der Waals surface area contributed by atoms with Crippen molar-refractivity contribution in [3.63, 3.8) is 0 Å². The van der Waals surface area contributed by atoms with Gasteiger partial charge >= 0.3 is 0 Å². The molecule has 3 aliphatic heterocycles. The van der Waals surface area contributed by atoms with Crippen molar-refractivity contribution in [1.82, 2.24) is 20.0 Å². The predicted molar refractivity (Wildman–Crippen MR) is 152 cm³/mol. The summed E-state index contributed by atoms with van der Waals surface area (Å²) >= 11 is 0. The monoisotopic (exact) mass is 516 g/mol. The Morgan fingerprint density at radius 1 is 0.895 bits per heavy atom. The first-order valence-electron chi connectivity index (χ1n) is 14.5. The molecule has 0 bridgehead atoms. The van der Waals surface area contributed by atoms with E-state index in [1.54, 1.807) is 0 Å². The number of hydrogen-bond acceptors (Lipinski definition) is 4. The molecule has 0 radical (unpaired) electrons. The highest BCUT2D eigenvalue weighted by Gasteiger charge is 2.44. The number of nitrogens with zero attached hydrogens (tertiary/aromatic N) is 3. The summed E-state index contributed by atoms with van der Waals surface area (Å²) in [5.41, 5.74) is 4.32. The standard InChI is InChI=1S/C32H44N4O2/c1-23-11-10-12-24(2)30(23)32(38)36-21-26-19-35(20-27(26)22-36)28(25-13-6-4-7-14-25)16-17-33-31(37)29-15-8-5-9-18-34(29)3/h4,6-7,10-14,26-29H,5,8-9,15-22H2,1-3H3,(H,33,37)/t26?,27?,28-,29?/m0/s1. The minimum absolute atomic E-state index is 0.000716. The number of benzene rings is 2. The maximum Gasteiger partial charge on any atom is 0.254 e. The van der Waals surface area contributed by atoms with E-state index in [2.05, 4.69) is 57.4 Å². The molecular weight excluding hydrogens is 472 g/mol. The Kier molecular flexibility index (Phi) is 8.49. The van der Waals surface area contributed by atoms with Crippen molar-refractivity contribution in [2.45, 2.75) is 58.0 Å². The zero-order valence-electron chi connectivity index (χ0n) is 23.4. The normalized spacial score (nSPS) is 25.1. The van der Waals surface area contributed by atoms with E-state index in [4.69, 9.17) is 0 Å². The average Bonchev–Trinajstić information content (AvgIpc) is 3.40. The third-order valence-electron chi connectivity index (χ3n) is 9.16. The highest BCUT2D eigenvalue weighted by Crippen LogP contribution is 2.38. The second-order valence-electron chi connectivity index (χ2n) is 11.8. The quantitative estimate of drug-likeness (QED) is 0.592. The number of likely N-dealkylation sites (tertiary alicyclic amines) is 3. The fourth-order valence-corrected chi connectivity index (χ4v) is 7.03. The molecule has 3 saturated heterocycles. The number of hydrogen-bond donors (Lipinski definition) is 1. The van der Waals surface area contributed by atoms with E-state index in [0.717, 1.165) is 68.7 Å². The smallest absolute Gasteiger partial charge is 0.254 e. The topological polar surface area (TPSA) is 55.9 Å². The Hall–Kier alpha value is -2.70. The maximum atomic E-state index is 13.4. The third-order valence-corrected chi connectivity index (χ3v) is 9.16. The molecule has 204 valence electrons. The molecular formula is C32H44N4O2. The van der Waals surface area contributed by atoms with Crippen LogP contribution in [0.1, 0.15) is 65.2 Å². The largest absolute Gasteiger partial charge is 0.355 e. The number of likely N-dealkylation sites (N-methyl/N-ethyl adjacent to an activating group) is 1. The minimum atomic E-state index is -0.000716.